The minimum atomic E-state index is -0.143. The van der Waals surface area contributed by atoms with E-state index in [0.29, 0.717) is 17.6 Å². The number of allylic oxidation sites excluding steroid dienone is 2. The minimum Gasteiger partial charge on any atom is -0.507 e. The van der Waals surface area contributed by atoms with Crippen molar-refractivity contribution in [2.24, 2.45) is 5.92 Å². The highest BCUT2D eigenvalue weighted by molar-refractivity contribution is 6.16. The summed E-state index contributed by atoms with van der Waals surface area (Å²) in [6, 6.07) is 50.2. The normalized spacial score (nSPS) is 19.1. The summed E-state index contributed by atoms with van der Waals surface area (Å²) in [5, 5.41) is 20.9. The van der Waals surface area contributed by atoms with Gasteiger partial charge in [0.25, 0.3) is 0 Å². The molecular weight excluding hydrogens is 681 g/mol. The standard InChI is InChI=1S/C53H46N2O/c1-34-29-35(2)52-46(30-34)45-33-40(39-19-24-47(54-53(3)27-11-6-12-28-53)44(32-39)36-13-7-4-8-14-36)20-25-48(45)55(52)42-22-23-43-41(31-42)18-17-38-21-26-49(56)51(50(38)43)37-15-9-5-10-16-37/h4-27,31-35,54,56H,28-30H2,1-3H3. The molecule has 0 spiro atoms. The van der Waals surface area contributed by atoms with Crippen LogP contribution in [0.5, 0.6) is 5.75 Å². The van der Waals surface area contributed by atoms with Gasteiger partial charge in [-0.05, 0) is 124 Å². The summed E-state index contributed by atoms with van der Waals surface area (Å²) < 4.78 is 2.55. The van der Waals surface area contributed by atoms with Crippen molar-refractivity contribution in [3.05, 3.63) is 175 Å². The molecule has 274 valence electrons. The molecule has 1 aromatic heterocycles. The Morgan fingerprint density at radius 2 is 1.41 bits per heavy atom. The van der Waals surface area contributed by atoms with Crippen molar-refractivity contribution in [2.75, 3.05) is 5.32 Å². The molecule has 1 heterocycles. The number of rotatable bonds is 6. The molecule has 2 aliphatic carbocycles. The quantitative estimate of drug-likeness (QED) is 0.167. The number of aromatic hydroxyl groups is 1. The van der Waals surface area contributed by atoms with Gasteiger partial charge in [-0.25, -0.2) is 0 Å². The second-order valence-corrected chi connectivity index (χ2v) is 16.4. The van der Waals surface area contributed by atoms with Crippen LogP contribution in [0.25, 0.3) is 71.5 Å². The number of anilines is 1. The molecule has 56 heavy (non-hydrogen) atoms. The molecule has 2 aliphatic rings. The molecule has 0 saturated carbocycles. The predicted octanol–water partition coefficient (Wildman–Crippen LogP) is 14.0. The average Bonchev–Trinajstić information content (AvgIpc) is 3.55. The van der Waals surface area contributed by atoms with E-state index in [9.17, 15) is 5.11 Å². The van der Waals surface area contributed by atoms with Gasteiger partial charge in [-0.15, -0.1) is 0 Å². The lowest BCUT2D eigenvalue weighted by Gasteiger charge is -2.30. The zero-order chi connectivity index (χ0) is 38.0. The van der Waals surface area contributed by atoms with Crippen LogP contribution in [0.3, 0.4) is 0 Å². The number of nitrogens with zero attached hydrogens (tertiary/aromatic N) is 1. The number of hydrogen-bond donors (Lipinski definition) is 2. The van der Waals surface area contributed by atoms with Crippen molar-refractivity contribution in [3.63, 3.8) is 0 Å². The Morgan fingerprint density at radius 1 is 0.679 bits per heavy atom. The summed E-state index contributed by atoms with van der Waals surface area (Å²) in [4.78, 5) is 0. The Kier molecular flexibility index (Phi) is 8.22. The van der Waals surface area contributed by atoms with Gasteiger partial charge in [-0.3, -0.25) is 0 Å². The molecule has 0 amide bonds. The fraction of sp³-hybridized carbons (Fsp3) is 0.170. The molecule has 3 heteroatoms. The van der Waals surface area contributed by atoms with Crippen LogP contribution in [0.15, 0.2) is 164 Å². The summed E-state index contributed by atoms with van der Waals surface area (Å²) in [6.07, 6.45) is 12.0. The number of benzene rings is 7. The molecule has 0 saturated heterocycles. The van der Waals surface area contributed by atoms with Gasteiger partial charge in [0.2, 0.25) is 0 Å². The zero-order valence-corrected chi connectivity index (χ0v) is 32.3. The number of phenols is 1. The van der Waals surface area contributed by atoms with E-state index in [0.717, 1.165) is 51.2 Å². The second kappa shape index (κ2) is 13.5. The predicted molar refractivity (Wildman–Crippen MR) is 237 cm³/mol. The van der Waals surface area contributed by atoms with Crippen molar-refractivity contribution in [3.8, 4) is 44.8 Å². The Morgan fingerprint density at radius 3 is 2.20 bits per heavy atom. The first-order chi connectivity index (χ1) is 27.3. The molecule has 0 radical (unpaired) electrons. The van der Waals surface area contributed by atoms with Crippen LogP contribution in [0, 0.1) is 5.92 Å². The molecule has 0 fully saturated rings. The van der Waals surface area contributed by atoms with Crippen LogP contribution in [0.4, 0.5) is 5.69 Å². The van der Waals surface area contributed by atoms with E-state index in [-0.39, 0.29) is 5.54 Å². The maximum atomic E-state index is 11.2. The average molecular weight is 727 g/mol. The third kappa shape index (κ3) is 5.81. The monoisotopic (exact) mass is 726 g/mol. The Labute approximate surface area is 329 Å². The van der Waals surface area contributed by atoms with Gasteiger partial charge in [-0.2, -0.15) is 0 Å². The number of nitrogens with one attached hydrogen (secondary N) is 1. The Bertz CT molecular complexity index is 2860. The van der Waals surface area contributed by atoms with Gasteiger partial charge < -0.3 is 15.0 Å². The number of phenolic OH excluding ortho intramolecular Hbond substituents is 1. The van der Waals surface area contributed by atoms with Crippen LogP contribution in [-0.2, 0) is 6.42 Å². The first-order valence-electron chi connectivity index (χ1n) is 20.1. The first-order valence-corrected chi connectivity index (χ1v) is 20.1. The highest BCUT2D eigenvalue weighted by Gasteiger charge is 2.30. The lowest BCUT2D eigenvalue weighted by Crippen LogP contribution is -2.32. The number of hydrogen-bond acceptors (Lipinski definition) is 2. The van der Waals surface area contributed by atoms with Crippen molar-refractivity contribution >= 4 is 38.1 Å². The fourth-order valence-electron chi connectivity index (χ4n) is 9.70. The van der Waals surface area contributed by atoms with E-state index in [4.69, 9.17) is 0 Å². The number of aromatic nitrogens is 1. The Balaban J connectivity index is 1.12. The molecule has 0 bridgehead atoms. The molecule has 8 aromatic rings. The van der Waals surface area contributed by atoms with Gasteiger partial charge in [0.05, 0.1) is 11.1 Å². The van der Waals surface area contributed by atoms with E-state index in [1.165, 1.54) is 56.5 Å². The molecule has 3 atom stereocenters. The fourth-order valence-corrected chi connectivity index (χ4v) is 9.70. The summed E-state index contributed by atoms with van der Waals surface area (Å²) >= 11 is 0. The van der Waals surface area contributed by atoms with Gasteiger partial charge >= 0.3 is 0 Å². The topological polar surface area (TPSA) is 37.2 Å². The van der Waals surface area contributed by atoms with E-state index in [2.05, 4.69) is 164 Å². The van der Waals surface area contributed by atoms with Gasteiger partial charge in [0, 0.05) is 39.0 Å². The van der Waals surface area contributed by atoms with Gasteiger partial charge in [-0.1, -0.05) is 135 Å². The van der Waals surface area contributed by atoms with E-state index in [1.54, 1.807) is 0 Å². The summed E-state index contributed by atoms with van der Waals surface area (Å²) in [5.74, 6) is 1.35. The van der Waals surface area contributed by atoms with Crippen molar-refractivity contribution in [1.29, 1.82) is 0 Å². The minimum absolute atomic E-state index is 0.143. The summed E-state index contributed by atoms with van der Waals surface area (Å²) in [7, 11) is 0. The molecule has 3 unspecified atom stereocenters. The SMILES string of the molecule is CC1Cc2c(n(-c3ccc4c(ccc5ccc(O)c(-c6ccccc6)c54)c3)c3ccc(-c4ccc(NC5(C)C=CC=CC5)c(-c5ccccc5)c4)cc23)C(C)C1. The lowest BCUT2D eigenvalue weighted by atomic mass is 9.81. The first kappa shape index (κ1) is 34.2. The van der Waals surface area contributed by atoms with Crippen LogP contribution >= 0.6 is 0 Å². The van der Waals surface area contributed by atoms with E-state index in [1.807, 2.05) is 30.3 Å². The highest BCUT2D eigenvalue weighted by Crippen LogP contribution is 2.45. The van der Waals surface area contributed by atoms with Gasteiger partial charge in [0.15, 0.2) is 0 Å². The summed E-state index contributed by atoms with van der Waals surface area (Å²) in [5.41, 5.74) is 13.1. The molecule has 2 N–H and O–H groups in total. The number of fused-ring (bicyclic) bond motifs is 6. The van der Waals surface area contributed by atoms with E-state index >= 15 is 0 Å². The molecule has 0 aliphatic heterocycles. The smallest absolute Gasteiger partial charge is 0.124 e. The van der Waals surface area contributed by atoms with Crippen molar-refractivity contribution in [2.45, 2.75) is 51.5 Å². The van der Waals surface area contributed by atoms with Crippen LogP contribution in [0.2, 0.25) is 0 Å². The van der Waals surface area contributed by atoms with Crippen LogP contribution in [-0.4, -0.2) is 15.2 Å². The van der Waals surface area contributed by atoms with Crippen LogP contribution in [0.1, 0.15) is 50.8 Å². The molecule has 10 rings (SSSR count). The van der Waals surface area contributed by atoms with Gasteiger partial charge in [0.1, 0.15) is 5.75 Å². The summed E-state index contributed by atoms with van der Waals surface area (Å²) in [6.45, 7) is 7.08. The lowest BCUT2D eigenvalue weighted by molar-refractivity contribution is 0.442. The van der Waals surface area contributed by atoms with E-state index < -0.39 is 0 Å². The van der Waals surface area contributed by atoms with Crippen molar-refractivity contribution in [1.82, 2.24) is 4.57 Å². The largest absolute Gasteiger partial charge is 0.507 e. The Hall–Kier alpha value is -6.32. The van der Waals surface area contributed by atoms with Crippen LogP contribution < -0.4 is 5.32 Å². The van der Waals surface area contributed by atoms with Crippen molar-refractivity contribution < 1.29 is 5.11 Å². The third-order valence-electron chi connectivity index (χ3n) is 12.3. The molecule has 3 nitrogen and oxygen atoms in total. The molecule has 7 aromatic carbocycles. The zero-order valence-electron chi connectivity index (χ0n) is 32.3. The maximum absolute atomic E-state index is 11.2. The maximum Gasteiger partial charge on any atom is 0.124 e. The third-order valence-corrected chi connectivity index (χ3v) is 12.3. The molecular formula is C53H46N2O. The second-order valence-electron chi connectivity index (χ2n) is 16.4. The highest BCUT2D eigenvalue weighted by atomic mass is 16.3.